The van der Waals surface area contributed by atoms with Gasteiger partial charge in [0.1, 0.15) is 29.4 Å². The van der Waals surface area contributed by atoms with Gasteiger partial charge in [-0.1, -0.05) is 35.9 Å². The summed E-state index contributed by atoms with van der Waals surface area (Å²) in [6, 6.07) is 17.2. The number of nitrogens with zero attached hydrogens (tertiary/aromatic N) is 1. The van der Waals surface area contributed by atoms with E-state index in [0.717, 1.165) is 24.5 Å². The molecule has 11 heteroatoms. The molecule has 4 rings (SSSR count). The van der Waals surface area contributed by atoms with Crippen LogP contribution in [-0.2, 0) is 38.3 Å². The Kier molecular flexibility index (Phi) is 9.12. The number of halogens is 4. The summed E-state index contributed by atoms with van der Waals surface area (Å²) in [5.41, 5.74) is 0.314. The molecule has 1 heterocycles. The number of ether oxygens (including phenoxy) is 4. The van der Waals surface area contributed by atoms with Crippen LogP contribution in [0.15, 0.2) is 72.5 Å². The molecule has 3 aromatic rings. The van der Waals surface area contributed by atoms with Gasteiger partial charge in [-0.2, -0.15) is 13.2 Å². The van der Waals surface area contributed by atoms with Crippen molar-refractivity contribution in [2.75, 3.05) is 26.2 Å². The third-order valence-electron chi connectivity index (χ3n) is 6.59. The first-order valence-electron chi connectivity index (χ1n) is 12.4. The zero-order valence-electron chi connectivity index (χ0n) is 22.5. The Bertz CT molecular complexity index is 1390. The van der Waals surface area contributed by atoms with Crippen LogP contribution in [0.2, 0.25) is 5.02 Å². The maximum atomic E-state index is 14.2. The van der Waals surface area contributed by atoms with Crippen LogP contribution in [-0.4, -0.2) is 33.1 Å². The van der Waals surface area contributed by atoms with E-state index in [0.29, 0.717) is 30.3 Å². The average molecular weight is 590 g/mol. The summed E-state index contributed by atoms with van der Waals surface area (Å²) < 4.78 is 63.2. The molecular weight excluding hydrogens is 563 g/mol. The quantitative estimate of drug-likeness (QED) is 0.204. The van der Waals surface area contributed by atoms with Gasteiger partial charge in [0.05, 0.1) is 38.3 Å². The van der Waals surface area contributed by atoms with Crippen LogP contribution in [0.4, 0.5) is 18.9 Å². The molecule has 0 aromatic heterocycles. The van der Waals surface area contributed by atoms with E-state index in [4.69, 9.17) is 25.8 Å². The number of anilines is 1. The molecule has 0 N–H and O–H groups in total. The van der Waals surface area contributed by atoms with E-state index < -0.39 is 41.0 Å². The minimum absolute atomic E-state index is 0.313. The Hall–Kier alpha value is -4.18. The SMILES string of the molecule is COC(=O)C1=COC(c2cc(N(Cc3ccc(OC)cc3)Cc3ccc(OC)cc3)cc(Cl)c2C(F)(F)F)CC1=O. The second kappa shape index (κ2) is 12.6. The molecule has 1 unspecified atom stereocenters. The Morgan fingerprint density at radius 3 is 1.93 bits per heavy atom. The Morgan fingerprint density at radius 1 is 0.951 bits per heavy atom. The maximum Gasteiger partial charge on any atom is 0.418 e. The van der Waals surface area contributed by atoms with Gasteiger partial charge < -0.3 is 23.8 Å². The first-order valence-corrected chi connectivity index (χ1v) is 12.8. The van der Waals surface area contributed by atoms with Crippen molar-refractivity contribution in [3.8, 4) is 11.5 Å². The van der Waals surface area contributed by atoms with Gasteiger partial charge in [0.2, 0.25) is 0 Å². The van der Waals surface area contributed by atoms with Gasteiger partial charge in [-0.15, -0.1) is 0 Å². The maximum absolute atomic E-state index is 14.2. The third kappa shape index (κ3) is 6.94. The first-order chi connectivity index (χ1) is 19.5. The molecule has 216 valence electrons. The van der Waals surface area contributed by atoms with Gasteiger partial charge in [-0.05, 0) is 47.5 Å². The summed E-state index contributed by atoms with van der Waals surface area (Å²) >= 11 is 6.30. The van der Waals surface area contributed by atoms with Crippen LogP contribution in [0.5, 0.6) is 11.5 Å². The number of methoxy groups -OCH3 is 3. The number of rotatable bonds is 9. The third-order valence-corrected chi connectivity index (χ3v) is 6.89. The molecule has 1 aliphatic rings. The van der Waals surface area contributed by atoms with E-state index in [-0.39, 0.29) is 11.1 Å². The zero-order chi connectivity index (χ0) is 29.7. The minimum Gasteiger partial charge on any atom is -0.497 e. The van der Waals surface area contributed by atoms with Crippen LogP contribution in [0.25, 0.3) is 0 Å². The lowest BCUT2D eigenvalue weighted by molar-refractivity contribution is -0.142. The van der Waals surface area contributed by atoms with E-state index in [1.54, 1.807) is 38.5 Å². The fourth-order valence-electron chi connectivity index (χ4n) is 4.49. The fourth-order valence-corrected chi connectivity index (χ4v) is 4.82. The smallest absolute Gasteiger partial charge is 0.418 e. The minimum atomic E-state index is -4.83. The lowest BCUT2D eigenvalue weighted by Crippen LogP contribution is -2.26. The second-order valence-corrected chi connectivity index (χ2v) is 9.62. The molecule has 1 atom stereocenters. The summed E-state index contributed by atoms with van der Waals surface area (Å²) in [5, 5.41) is -0.543. The molecular formula is C30H27ClF3NO6. The molecule has 0 bridgehead atoms. The number of Topliss-reactive ketones (excluding diaryl/α,β-unsaturated/α-hetero) is 1. The standard InChI is InChI=1S/C30H27ClF3NO6/c1-38-21-8-4-18(5-9-21)15-35(16-19-6-10-22(39-2)11-7-19)20-12-23(28(25(31)13-20)30(32,33)34)27-14-26(36)24(17-41-27)29(37)40-3/h4-13,17,27H,14-16H2,1-3H3. The van der Waals surface area contributed by atoms with Crippen LogP contribution >= 0.6 is 11.6 Å². The molecule has 0 amide bonds. The van der Waals surface area contributed by atoms with E-state index in [1.807, 2.05) is 29.2 Å². The zero-order valence-corrected chi connectivity index (χ0v) is 23.2. The number of carbonyl (C=O) groups is 2. The number of alkyl halides is 3. The predicted octanol–water partition coefficient (Wildman–Crippen LogP) is 6.67. The van der Waals surface area contributed by atoms with Gasteiger partial charge in [0.25, 0.3) is 0 Å². The van der Waals surface area contributed by atoms with Gasteiger partial charge in [-0.3, -0.25) is 4.79 Å². The number of hydrogen-bond donors (Lipinski definition) is 0. The summed E-state index contributed by atoms with van der Waals surface area (Å²) in [7, 11) is 4.20. The Balaban J connectivity index is 1.79. The Morgan fingerprint density at radius 2 is 1.49 bits per heavy atom. The highest BCUT2D eigenvalue weighted by Crippen LogP contribution is 2.44. The second-order valence-electron chi connectivity index (χ2n) is 9.22. The van der Waals surface area contributed by atoms with E-state index in [9.17, 15) is 22.8 Å². The molecule has 0 radical (unpaired) electrons. The van der Waals surface area contributed by atoms with E-state index >= 15 is 0 Å². The van der Waals surface area contributed by atoms with E-state index in [2.05, 4.69) is 4.74 Å². The average Bonchev–Trinajstić information content (AvgIpc) is 2.96. The molecule has 0 spiro atoms. The van der Waals surface area contributed by atoms with Crippen LogP contribution in [0.3, 0.4) is 0 Å². The summed E-state index contributed by atoms with van der Waals surface area (Å²) in [4.78, 5) is 26.4. The molecule has 0 saturated carbocycles. The fraction of sp³-hybridized carbons (Fsp3) is 0.267. The van der Waals surface area contributed by atoms with Crippen molar-refractivity contribution in [1.29, 1.82) is 0 Å². The summed E-state index contributed by atoms with van der Waals surface area (Å²) in [6.45, 7) is 0.627. The monoisotopic (exact) mass is 589 g/mol. The highest BCUT2D eigenvalue weighted by atomic mass is 35.5. The number of esters is 1. The number of benzene rings is 3. The highest BCUT2D eigenvalue weighted by molar-refractivity contribution is 6.32. The lowest BCUT2D eigenvalue weighted by Gasteiger charge is -2.30. The molecule has 3 aromatic carbocycles. The van der Waals surface area contributed by atoms with Gasteiger partial charge >= 0.3 is 12.1 Å². The van der Waals surface area contributed by atoms with Crippen molar-refractivity contribution in [3.05, 3.63) is 99.8 Å². The molecule has 0 fully saturated rings. The topological polar surface area (TPSA) is 74.3 Å². The Labute approximate surface area is 240 Å². The largest absolute Gasteiger partial charge is 0.497 e. The normalized spacial score (nSPS) is 15.0. The lowest BCUT2D eigenvalue weighted by atomic mass is 9.93. The number of ketones is 1. The summed E-state index contributed by atoms with van der Waals surface area (Å²) in [5.74, 6) is -0.305. The van der Waals surface area contributed by atoms with Gasteiger partial charge in [0.15, 0.2) is 5.78 Å². The van der Waals surface area contributed by atoms with E-state index in [1.165, 1.54) is 12.1 Å². The predicted molar refractivity (Wildman–Crippen MR) is 146 cm³/mol. The van der Waals surface area contributed by atoms with Gasteiger partial charge in [-0.25, -0.2) is 4.79 Å². The van der Waals surface area contributed by atoms with Crippen LogP contribution < -0.4 is 14.4 Å². The molecule has 41 heavy (non-hydrogen) atoms. The number of hydrogen-bond acceptors (Lipinski definition) is 7. The number of carbonyl (C=O) groups excluding carboxylic acids is 2. The molecule has 7 nitrogen and oxygen atoms in total. The van der Waals surface area contributed by atoms with Crippen molar-refractivity contribution < 1.29 is 41.7 Å². The summed E-state index contributed by atoms with van der Waals surface area (Å²) in [6.07, 6.45) is -5.81. The van der Waals surface area contributed by atoms with Crippen LogP contribution in [0, 0.1) is 0 Å². The van der Waals surface area contributed by atoms with Gasteiger partial charge in [0, 0.05) is 24.3 Å². The molecule has 0 aliphatic carbocycles. The highest BCUT2D eigenvalue weighted by Gasteiger charge is 2.41. The van der Waals surface area contributed by atoms with Crippen molar-refractivity contribution >= 4 is 29.0 Å². The van der Waals surface area contributed by atoms with Crippen LogP contribution in [0.1, 0.15) is 34.8 Å². The van der Waals surface area contributed by atoms with Crippen molar-refractivity contribution in [3.63, 3.8) is 0 Å². The molecule has 0 saturated heterocycles. The molecule has 1 aliphatic heterocycles. The van der Waals surface area contributed by atoms with Crippen molar-refractivity contribution in [2.24, 2.45) is 0 Å². The van der Waals surface area contributed by atoms with Crippen molar-refractivity contribution in [1.82, 2.24) is 0 Å². The first kappa shape index (κ1) is 29.8. The van der Waals surface area contributed by atoms with Crippen molar-refractivity contribution in [2.45, 2.75) is 31.8 Å².